The van der Waals surface area contributed by atoms with Gasteiger partial charge in [-0.15, -0.1) is 4.48 Å². The van der Waals surface area contributed by atoms with Gasteiger partial charge in [-0.05, 0) is 19.8 Å². The molecule has 0 saturated carbocycles. The lowest BCUT2D eigenvalue weighted by Crippen LogP contribution is -2.43. The van der Waals surface area contributed by atoms with Gasteiger partial charge in [0.2, 0.25) is 5.91 Å². The zero-order chi connectivity index (χ0) is 19.1. The number of hydrogen-bond donors (Lipinski definition) is 1. The quantitative estimate of drug-likeness (QED) is 0.447. The smallest absolute Gasteiger partial charge is 0.224 e. The lowest BCUT2D eigenvalue weighted by Gasteiger charge is -2.30. The zero-order valence-corrected chi connectivity index (χ0v) is 12.2. The minimum Gasteiger partial charge on any atom is -0.381 e. The average Bonchev–Trinajstić information content (AvgIpc) is 2.68. The summed E-state index contributed by atoms with van der Waals surface area (Å²) in [5, 5.41) is 0. The largest absolute Gasteiger partial charge is 0.381 e. The molecular weight excluding hydrogens is 351 g/mol. The molecule has 1 heterocycles. The van der Waals surface area contributed by atoms with E-state index in [0.717, 1.165) is 0 Å². The number of nitrogens with one attached hydrogen (secondary N) is 1. The number of rotatable bonds is 5. The summed E-state index contributed by atoms with van der Waals surface area (Å²) in [4.78, 5) is 13.4. The number of hydrogen-bond acceptors (Lipinski definition) is 3. The fourth-order valence-corrected chi connectivity index (χ4v) is 1.70. The second-order valence-electron chi connectivity index (χ2n) is 3.71. The van der Waals surface area contributed by atoms with E-state index in [1.165, 1.54) is 0 Å². The van der Waals surface area contributed by atoms with Gasteiger partial charge in [0.25, 0.3) is 0 Å². The molecular formula is C10H19F9N2O2. The van der Waals surface area contributed by atoms with Gasteiger partial charge in [-0.1, -0.05) is 0 Å². The number of carbonyl (C=O) groups is 1. The topological polar surface area (TPSA) is 41.6 Å². The first-order valence-electron chi connectivity index (χ1n) is 6.06. The van der Waals surface area contributed by atoms with E-state index in [1.54, 1.807) is 10.4 Å². The molecule has 0 aromatic rings. The van der Waals surface area contributed by atoms with Gasteiger partial charge in [0, 0.05) is 62.3 Å². The van der Waals surface area contributed by atoms with Crippen molar-refractivity contribution < 1.29 is 50.6 Å². The van der Waals surface area contributed by atoms with Gasteiger partial charge < -0.3 is 9.64 Å². The molecule has 0 aromatic heterocycles. The van der Waals surface area contributed by atoms with Crippen LogP contribution in [0.2, 0.25) is 0 Å². The van der Waals surface area contributed by atoms with Crippen LogP contribution >= 0.6 is 0 Å². The summed E-state index contributed by atoms with van der Waals surface area (Å²) in [6.07, 6.45) is 1.81. The van der Waals surface area contributed by atoms with Crippen molar-refractivity contribution in [2.45, 2.75) is 32.2 Å². The van der Waals surface area contributed by atoms with Gasteiger partial charge in [-0.2, -0.15) is 5.54 Å². The molecule has 144 valence electrons. The lowest BCUT2D eigenvalue weighted by atomic mass is 10.1. The van der Waals surface area contributed by atoms with Gasteiger partial charge in [0.15, 0.2) is 0 Å². The first-order valence-corrected chi connectivity index (χ1v) is 6.06. The molecule has 0 atom stereocenters. The summed E-state index contributed by atoms with van der Waals surface area (Å²) in [5.41, 5.74) is 1.75. The minimum atomic E-state index is -0.0825. The third kappa shape index (κ3) is 18.7. The number of halogens is 9. The molecule has 0 spiro atoms. The van der Waals surface area contributed by atoms with Gasteiger partial charge in [-0.25, -0.2) is 0 Å². The molecule has 0 aromatic carbocycles. The van der Waals surface area contributed by atoms with Crippen molar-refractivity contribution in [3.05, 3.63) is 0 Å². The Morgan fingerprint density at radius 3 is 1.83 bits per heavy atom. The fraction of sp³-hybridized carbons (Fsp3) is 0.900. The van der Waals surface area contributed by atoms with Crippen molar-refractivity contribution in [1.29, 1.82) is 0 Å². The zero-order valence-electron chi connectivity index (χ0n) is 12.2. The van der Waals surface area contributed by atoms with Crippen LogP contribution in [0.3, 0.4) is 0 Å². The van der Waals surface area contributed by atoms with Crippen LogP contribution in [0.15, 0.2) is 0 Å². The Hall–Kier alpha value is -1.24. The number of nitrogens with zero attached hydrogens (tertiary/aromatic N) is 1. The van der Waals surface area contributed by atoms with E-state index < -0.39 is 0 Å². The Kier molecular flexibility index (Phi) is 37.3. The molecule has 1 amide bonds. The molecule has 0 aliphatic carbocycles. The van der Waals surface area contributed by atoms with Crippen molar-refractivity contribution in [2.75, 3.05) is 26.3 Å². The highest BCUT2D eigenvalue weighted by atomic mass is 20.0. The van der Waals surface area contributed by atoms with Gasteiger partial charge >= 0.3 is 0 Å². The molecule has 0 unspecified atom stereocenters. The summed E-state index contributed by atoms with van der Waals surface area (Å²) in [6, 6.07) is -0.0825. The molecule has 23 heavy (non-hydrogen) atoms. The summed E-state index contributed by atoms with van der Waals surface area (Å²) >= 11 is 0. The van der Waals surface area contributed by atoms with Crippen LogP contribution in [0, 0.1) is 0 Å². The number of amides is 1. The fourth-order valence-electron chi connectivity index (χ4n) is 1.70. The molecule has 1 N–H and O–H groups in total. The SMILES string of the molecule is CCOCCC(=O)N1CCC(NF)CC1.FF.FF.FF.FF. The normalized spacial score (nSPS) is 12.9. The monoisotopic (exact) mass is 370 g/mol. The Morgan fingerprint density at radius 2 is 1.48 bits per heavy atom. The van der Waals surface area contributed by atoms with E-state index in [1.807, 2.05) is 6.92 Å². The maximum atomic E-state index is 12.1. The van der Waals surface area contributed by atoms with Gasteiger partial charge in [0.1, 0.15) is 0 Å². The molecule has 1 fully saturated rings. The van der Waals surface area contributed by atoms with Gasteiger partial charge in [-0.3, -0.25) is 4.79 Å². The van der Waals surface area contributed by atoms with E-state index >= 15 is 0 Å². The van der Waals surface area contributed by atoms with E-state index in [-0.39, 0.29) is 11.9 Å². The van der Waals surface area contributed by atoms with Crippen molar-refractivity contribution in [3.63, 3.8) is 0 Å². The molecule has 1 aliphatic rings. The van der Waals surface area contributed by atoms with Crippen molar-refractivity contribution in [3.8, 4) is 0 Å². The molecule has 13 heteroatoms. The third-order valence-electron chi connectivity index (χ3n) is 2.67. The van der Waals surface area contributed by atoms with E-state index in [4.69, 9.17) is 41.3 Å². The molecule has 1 aliphatic heterocycles. The summed E-state index contributed by atoms with van der Waals surface area (Å²) in [5.74, 6) is 0.112. The van der Waals surface area contributed by atoms with E-state index in [9.17, 15) is 9.28 Å². The Labute approximate surface area is 126 Å². The predicted octanol–water partition coefficient (Wildman–Crippen LogP) is 4.24. The first-order chi connectivity index (χ1) is 11.3. The highest BCUT2D eigenvalue weighted by Crippen LogP contribution is 2.11. The highest BCUT2D eigenvalue weighted by Gasteiger charge is 2.22. The standard InChI is InChI=1S/C10H19FN2O2.4F2/c1-2-15-8-5-10(14)13-6-3-9(12-11)4-7-13;4*1-2/h9,12H,2-8H2,1H3;;;;. The number of ether oxygens (including phenoxy) is 1. The van der Waals surface area contributed by atoms with Crippen LogP contribution in [0.4, 0.5) is 41.1 Å². The molecule has 0 bridgehead atoms. The van der Waals surface area contributed by atoms with Crippen LogP contribution in [-0.4, -0.2) is 43.2 Å². The molecule has 0 radical (unpaired) electrons. The van der Waals surface area contributed by atoms with Crippen LogP contribution in [0.5, 0.6) is 0 Å². The third-order valence-corrected chi connectivity index (χ3v) is 2.67. The minimum absolute atomic E-state index is 0.0825. The highest BCUT2D eigenvalue weighted by molar-refractivity contribution is 5.76. The number of carbonyl (C=O) groups excluding carboxylic acids is 1. The second-order valence-corrected chi connectivity index (χ2v) is 3.71. The Morgan fingerprint density at radius 1 is 1.04 bits per heavy atom. The maximum absolute atomic E-state index is 12.1. The second kappa shape index (κ2) is 28.9. The van der Waals surface area contributed by atoms with Crippen LogP contribution in [-0.2, 0) is 9.53 Å². The Balaban J connectivity index is -0.000000196. The summed E-state index contributed by atoms with van der Waals surface area (Å²) in [6.45, 7) is 4.32. The summed E-state index contributed by atoms with van der Waals surface area (Å²) < 4.78 is 81.2. The van der Waals surface area contributed by atoms with Gasteiger partial charge in [0.05, 0.1) is 13.0 Å². The van der Waals surface area contributed by atoms with Crippen LogP contribution in [0.1, 0.15) is 26.2 Å². The maximum Gasteiger partial charge on any atom is 0.224 e. The number of likely N-dealkylation sites (tertiary alicyclic amines) is 1. The van der Waals surface area contributed by atoms with Crippen molar-refractivity contribution in [1.82, 2.24) is 10.4 Å². The van der Waals surface area contributed by atoms with Crippen molar-refractivity contribution >= 4 is 5.91 Å². The van der Waals surface area contributed by atoms with Crippen molar-refractivity contribution in [2.24, 2.45) is 0 Å². The molecule has 4 nitrogen and oxygen atoms in total. The number of piperidine rings is 1. The predicted molar refractivity (Wildman–Crippen MR) is 63.8 cm³/mol. The molecule has 1 saturated heterocycles. The van der Waals surface area contributed by atoms with E-state index in [2.05, 4.69) is 0 Å². The first kappa shape index (κ1) is 29.7. The molecule has 1 rings (SSSR count). The van der Waals surface area contributed by atoms with Crippen LogP contribution in [0.25, 0.3) is 0 Å². The average molecular weight is 370 g/mol. The summed E-state index contributed by atoms with van der Waals surface area (Å²) in [7, 11) is 0. The van der Waals surface area contributed by atoms with Crippen LogP contribution < -0.4 is 5.54 Å². The van der Waals surface area contributed by atoms with E-state index in [0.29, 0.717) is 45.6 Å². The lowest BCUT2D eigenvalue weighted by molar-refractivity contribution is -0.133. The Bertz CT molecular complexity index is 211.